The van der Waals surface area contributed by atoms with Crippen molar-refractivity contribution in [2.24, 2.45) is 0 Å². The second-order valence-electron chi connectivity index (χ2n) is 4.08. The largest absolute Gasteiger partial charge is 0.465 e. The van der Waals surface area contributed by atoms with Crippen molar-refractivity contribution in [2.45, 2.75) is 19.4 Å². The first-order valence-corrected chi connectivity index (χ1v) is 6.61. The van der Waals surface area contributed by atoms with Crippen LogP contribution in [0.15, 0.2) is 11.6 Å². The van der Waals surface area contributed by atoms with E-state index in [2.05, 4.69) is 10.3 Å². The third-order valence-corrected chi connectivity index (χ3v) is 3.32. The average molecular weight is 269 g/mol. The summed E-state index contributed by atoms with van der Waals surface area (Å²) in [6.07, 6.45) is 2.48. The highest BCUT2D eigenvalue weighted by atomic mass is 32.1. The molecule has 0 bridgehead atoms. The summed E-state index contributed by atoms with van der Waals surface area (Å²) in [5.74, 6) is -0.270. The molecule has 1 aliphatic heterocycles. The van der Waals surface area contributed by atoms with Crippen LogP contribution in [-0.2, 0) is 9.59 Å². The Hall–Kier alpha value is -1.63. The lowest BCUT2D eigenvalue weighted by atomic mass is 10.3. The van der Waals surface area contributed by atoms with Gasteiger partial charge >= 0.3 is 0 Å². The summed E-state index contributed by atoms with van der Waals surface area (Å²) in [7, 11) is 0. The van der Waals surface area contributed by atoms with Crippen LogP contribution in [0.1, 0.15) is 13.3 Å². The molecule has 1 N–H and O–H groups in total. The van der Waals surface area contributed by atoms with Gasteiger partial charge in [0, 0.05) is 31.5 Å². The van der Waals surface area contributed by atoms with E-state index in [1.165, 1.54) is 18.3 Å². The molecule has 1 atom stereocenters. The fraction of sp³-hybridized carbons (Fsp3) is 0.545. The maximum absolute atomic E-state index is 11.7. The number of nitrogens with zero attached hydrogens (tertiary/aromatic N) is 2. The molecule has 1 saturated heterocycles. The summed E-state index contributed by atoms with van der Waals surface area (Å²) in [5.41, 5.74) is 0. The summed E-state index contributed by atoms with van der Waals surface area (Å²) in [6.45, 7) is 2.66. The molecule has 0 aromatic carbocycles. The quantitative estimate of drug-likeness (QED) is 0.851. The zero-order chi connectivity index (χ0) is 13.0. The van der Waals surface area contributed by atoms with Gasteiger partial charge in [-0.2, -0.15) is 0 Å². The highest BCUT2D eigenvalue weighted by Crippen LogP contribution is 2.20. The highest BCUT2D eigenvalue weighted by molar-refractivity contribution is 7.11. The van der Waals surface area contributed by atoms with Crippen molar-refractivity contribution >= 4 is 23.2 Å². The van der Waals surface area contributed by atoms with Crippen molar-refractivity contribution in [1.82, 2.24) is 15.2 Å². The lowest BCUT2D eigenvalue weighted by Crippen LogP contribution is -2.39. The van der Waals surface area contributed by atoms with Crippen molar-refractivity contribution in [1.29, 1.82) is 0 Å². The minimum atomic E-state index is -0.196. The van der Waals surface area contributed by atoms with Crippen molar-refractivity contribution < 1.29 is 14.3 Å². The number of amides is 2. The Labute approximate surface area is 109 Å². The molecule has 7 heteroatoms. The highest BCUT2D eigenvalue weighted by Gasteiger charge is 2.27. The van der Waals surface area contributed by atoms with Crippen LogP contribution in [0.4, 0.5) is 0 Å². The monoisotopic (exact) mass is 269 g/mol. The molecule has 6 nitrogen and oxygen atoms in total. The van der Waals surface area contributed by atoms with Gasteiger partial charge in [0.1, 0.15) is 6.10 Å². The van der Waals surface area contributed by atoms with Gasteiger partial charge in [-0.3, -0.25) is 9.59 Å². The van der Waals surface area contributed by atoms with Gasteiger partial charge in [-0.1, -0.05) is 11.3 Å². The van der Waals surface area contributed by atoms with E-state index in [9.17, 15) is 9.59 Å². The number of carbonyl (C=O) groups excluding carboxylic acids is 2. The van der Waals surface area contributed by atoms with E-state index < -0.39 is 0 Å². The van der Waals surface area contributed by atoms with E-state index in [0.29, 0.717) is 18.3 Å². The molecule has 1 aliphatic rings. The topological polar surface area (TPSA) is 71.5 Å². The van der Waals surface area contributed by atoms with Gasteiger partial charge in [0.05, 0.1) is 13.1 Å². The third-order valence-electron chi connectivity index (χ3n) is 2.66. The van der Waals surface area contributed by atoms with E-state index in [4.69, 9.17) is 4.74 Å². The van der Waals surface area contributed by atoms with Crippen molar-refractivity contribution in [3.05, 3.63) is 11.6 Å². The maximum atomic E-state index is 11.7. The fourth-order valence-corrected chi connectivity index (χ4v) is 2.33. The Morgan fingerprint density at radius 3 is 3.17 bits per heavy atom. The number of rotatable bonds is 4. The number of carbonyl (C=O) groups is 2. The number of hydrogen-bond acceptors (Lipinski definition) is 5. The van der Waals surface area contributed by atoms with Gasteiger partial charge < -0.3 is 15.0 Å². The van der Waals surface area contributed by atoms with Crippen LogP contribution in [0.3, 0.4) is 0 Å². The minimum Gasteiger partial charge on any atom is -0.465 e. The first-order chi connectivity index (χ1) is 8.65. The minimum absolute atomic E-state index is 0.00238. The SMILES string of the molecule is CC(=O)NCC(=O)N1CCC(Oc2nccs2)C1. The zero-order valence-electron chi connectivity index (χ0n) is 10.1. The molecule has 18 heavy (non-hydrogen) atoms. The molecule has 0 saturated carbocycles. The number of hydrogen-bond donors (Lipinski definition) is 1. The van der Waals surface area contributed by atoms with Crippen LogP contribution in [0.5, 0.6) is 5.19 Å². The number of aromatic nitrogens is 1. The predicted molar refractivity (Wildman–Crippen MR) is 66.4 cm³/mol. The normalized spacial score (nSPS) is 18.7. The fourth-order valence-electron chi connectivity index (χ4n) is 1.77. The van der Waals surface area contributed by atoms with Crippen molar-refractivity contribution in [3.63, 3.8) is 0 Å². The third kappa shape index (κ3) is 3.43. The van der Waals surface area contributed by atoms with Crippen LogP contribution in [0.2, 0.25) is 0 Å². The van der Waals surface area contributed by atoms with Crippen LogP contribution in [-0.4, -0.2) is 47.4 Å². The molecule has 0 radical (unpaired) electrons. The van der Waals surface area contributed by atoms with Gasteiger partial charge in [0.15, 0.2) is 0 Å². The average Bonchev–Trinajstić information content (AvgIpc) is 2.98. The zero-order valence-corrected chi connectivity index (χ0v) is 10.9. The molecular weight excluding hydrogens is 254 g/mol. The molecule has 1 aromatic rings. The van der Waals surface area contributed by atoms with E-state index in [1.54, 1.807) is 11.1 Å². The van der Waals surface area contributed by atoms with Gasteiger partial charge in [-0.15, -0.1) is 0 Å². The smallest absolute Gasteiger partial charge is 0.273 e. The Kier molecular flexibility index (Phi) is 4.14. The predicted octanol–water partition coefficient (Wildman–Crippen LogP) is 0.259. The molecule has 98 valence electrons. The van der Waals surface area contributed by atoms with Gasteiger partial charge in [0.2, 0.25) is 11.8 Å². The summed E-state index contributed by atoms with van der Waals surface area (Å²) in [5, 5.41) is 4.99. The first-order valence-electron chi connectivity index (χ1n) is 5.73. The van der Waals surface area contributed by atoms with E-state index in [1.807, 2.05) is 5.38 Å². The lowest BCUT2D eigenvalue weighted by molar-refractivity contribution is -0.131. The lowest BCUT2D eigenvalue weighted by Gasteiger charge is -2.16. The number of nitrogens with one attached hydrogen (secondary N) is 1. The standard InChI is InChI=1S/C11H15N3O3S/c1-8(15)13-6-10(16)14-4-2-9(7-14)17-11-12-3-5-18-11/h3,5,9H,2,4,6-7H2,1H3,(H,13,15). The van der Waals surface area contributed by atoms with Gasteiger partial charge in [-0.05, 0) is 0 Å². The molecule has 1 fully saturated rings. The second-order valence-corrected chi connectivity index (χ2v) is 4.93. The van der Waals surface area contributed by atoms with Crippen LogP contribution in [0.25, 0.3) is 0 Å². The van der Waals surface area contributed by atoms with Gasteiger partial charge in [0.25, 0.3) is 5.19 Å². The Morgan fingerprint density at radius 1 is 1.67 bits per heavy atom. The summed E-state index contributed by atoms with van der Waals surface area (Å²) < 4.78 is 5.65. The van der Waals surface area contributed by atoms with Crippen LogP contribution >= 0.6 is 11.3 Å². The Balaban J connectivity index is 1.77. The first kappa shape index (κ1) is 12.8. The maximum Gasteiger partial charge on any atom is 0.273 e. The summed E-state index contributed by atoms with van der Waals surface area (Å²) >= 11 is 1.44. The molecule has 2 heterocycles. The van der Waals surface area contributed by atoms with Crippen molar-refractivity contribution in [3.8, 4) is 5.19 Å². The number of thiazole rings is 1. The molecular formula is C11H15N3O3S. The number of ether oxygens (including phenoxy) is 1. The Bertz CT molecular complexity index is 421. The number of likely N-dealkylation sites (tertiary alicyclic amines) is 1. The van der Waals surface area contributed by atoms with Crippen LogP contribution < -0.4 is 10.1 Å². The Morgan fingerprint density at radius 2 is 2.50 bits per heavy atom. The van der Waals surface area contributed by atoms with E-state index >= 15 is 0 Å². The molecule has 1 aromatic heterocycles. The molecule has 0 aliphatic carbocycles. The van der Waals surface area contributed by atoms with Crippen molar-refractivity contribution in [2.75, 3.05) is 19.6 Å². The molecule has 2 rings (SSSR count). The van der Waals surface area contributed by atoms with E-state index in [-0.39, 0.29) is 24.5 Å². The molecule has 1 unspecified atom stereocenters. The summed E-state index contributed by atoms with van der Waals surface area (Å²) in [6, 6.07) is 0. The molecule has 2 amide bonds. The molecule has 0 spiro atoms. The second kappa shape index (κ2) is 5.81. The summed E-state index contributed by atoms with van der Waals surface area (Å²) in [4.78, 5) is 28.2. The van der Waals surface area contributed by atoms with E-state index in [0.717, 1.165) is 6.42 Å². The van der Waals surface area contributed by atoms with Crippen LogP contribution in [0, 0.1) is 0 Å². The van der Waals surface area contributed by atoms with Gasteiger partial charge in [-0.25, -0.2) is 4.98 Å².